The van der Waals surface area contributed by atoms with E-state index in [4.69, 9.17) is 11.6 Å². The van der Waals surface area contributed by atoms with Gasteiger partial charge >= 0.3 is 0 Å². The van der Waals surface area contributed by atoms with Crippen molar-refractivity contribution in [2.75, 3.05) is 23.9 Å². The summed E-state index contributed by atoms with van der Waals surface area (Å²) in [6.45, 7) is 2.05. The first-order chi connectivity index (χ1) is 8.86. The molecule has 0 saturated carbocycles. The average molecular weight is 262 g/mol. The zero-order valence-electron chi connectivity index (χ0n) is 10.2. The summed E-state index contributed by atoms with van der Waals surface area (Å²) in [7, 11) is 0. The maximum absolute atomic E-state index is 5.97. The minimum absolute atomic E-state index is 0.577. The Balaban J connectivity index is 1.89. The van der Waals surface area contributed by atoms with E-state index in [9.17, 15) is 0 Å². The molecule has 0 aliphatic carbocycles. The van der Waals surface area contributed by atoms with Crippen molar-refractivity contribution in [1.29, 1.82) is 0 Å². The quantitative estimate of drug-likeness (QED) is 0.778. The molecule has 94 valence electrons. The van der Waals surface area contributed by atoms with Gasteiger partial charge in [0.05, 0.1) is 17.2 Å². The Hall–Kier alpha value is -1.35. The van der Waals surface area contributed by atoms with Gasteiger partial charge in [0, 0.05) is 19.0 Å². The Morgan fingerprint density at radius 3 is 2.94 bits per heavy atom. The third-order valence-corrected chi connectivity index (χ3v) is 3.93. The minimum Gasteiger partial charge on any atom is -0.355 e. The predicted octanol–water partition coefficient (Wildman–Crippen LogP) is 3.09. The molecule has 4 heteroatoms. The van der Waals surface area contributed by atoms with Crippen molar-refractivity contribution in [3.05, 3.63) is 30.5 Å². The summed E-state index contributed by atoms with van der Waals surface area (Å²) in [5, 5.41) is 0. The van der Waals surface area contributed by atoms with E-state index < -0.39 is 0 Å². The highest BCUT2D eigenvalue weighted by Gasteiger charge is 2.20. The Morgan fingerprint density at radius 2 is 2.11 bits per heavy atom. The molecule has 1 aromatic carbocycles. The SMILES string of the molecule is ClCC1CCCN(c2cnc3ccccc3n2)C1. The number of hydrogen-bond donors (Lipinski definition) is 0. The summed E-state index contributed by atoms with van der Waals surface area (Å²) in [5.41, 5.74) is 1.91. The van der Waals surface area contributed by atoms with Crippen molar-refractivity contribution in [2.45, 2.75) is 12.8 Å². The van der Waals surface area contributed by atoms with E-state index in [0.717, 1.165) is 35.8 Å². The number of benzene rings is 1. The van der Waals surface area contributed by atoms with Crippen LogP contribution in [-0.4, -0.2) is 28.9 Å². The number of piperidine rings is 1. The number of para-hydroxylation sites is 2. The zero-order chi connectivity index (χ0) is 12.4. The van der Waals surface area contributed by atoms with Crippen molar-refractivity contribution in [2.24, 2.45) is 5.92 Å². The van der Waals surface area contributed by atoms with Crippen LogP contribution in [0.15, 0.2) is 30.5 Å². The first-order valence-corrected chi connectivity index (χ1v) is 6.93. The lowest BCUT2D eigenvalue weighted by atomic mass is 10.0. The van der Waals surface area contributed by atoms with Gasteiger partial charge in [0.1, 0.15) is 5.82 Å². The first kappa shape index (κ1) is 11.7. The normalized spacial score (nSPS) is 20.3. The van der Waals surface area contributed by atoms with Gasteiger partial charge in [0.15, 0.2) is 0 Å². The number of fused-ring (bicyclic) bond motifs is 1. The molecule has 0 amide bonds. The number of rotatable bonds is 2. The van der Waals surface area contributed by atoms with Gasteiger partial charge in [-0.05, 0) is 30.9 Å². The molecule has 1 unspecified atom stereocenters. The number of nitrogens with zero attached hydrogens (tertiary/aromatic N) is 3. The third-order valence-electron chi connectivity index (χ3n) is 3.50. The van der Waals surface area contributed by atoms with Crippen LogP contribution in [0, 0.1) is 5.92 Å². The van der Waals surface area contributed by atoms with E-state index in [1.54, 1.807) is 0 Å². The molecule has 1 aliphatic rings. The van der Waals surface area contributed by atoms with Gasteiger partial charge in [0.2, 0.25) is 0 Å². The molecule has 0 radical (unpaired) electrons. The number of aromatic nitrogens is 2. The lowest BCUT2D eigenvalue weighted by molar-refractivity contribution is 0.449. The molecule has 0 spiro atoms. The van der Waals surface area contributed by atoms with Crippen LogP contribution in [0.4, 0.5) is 5.82 Å². The highest BCUT2D eigenvalue weighted by molar-refractivity contribution is 6.18. The molecular formula is C14H16ClN3. The van der Waals surface area contributed by atoms with Crippen LogP contribution in [0.5, 0.6) is 0 Å². The van der Waals surface area contributed by atoms with Crippen LogP contribution in [0.2, 0.25) is 0 Å². The lowest BCUT2D eigenvalue weighted by Gasteiger charge is -2.32. The number of alkyl halides is 1. The van der Waals surface area contributed by atoms with Gasteiger partial charge in [-0.15, -0.1) is 11.6 Å². The van der Waals surface area contributed by atoms with Gasteiger partial charge < -0.3 is 4.90 Å². The summed E-state index contributed by atoms with van der Waals surface area (Å²) in [4.78, 5) is 11.5. The molecule has 1 aliphatic heterocycles. The highest BCUT2D eigenvalue weighted by atomic mass is 35.5. The molecule has 1 aromatic heterocycles. The van der Waals surface area contributed by atoms with Gasteiger partial charge in [0.25, 0.3) is 0 Å². The molecule has 3 nitrogen and oxygen atoms in total. The smallest absolute Gasteiger partial charge is 0.147 e. The number of anilines is 1. The molecule has 1 saturated heterocycles. The topological polar surface area (TPSA) is 29.0 Å². The van der Waals surface area contributed by atoms with Crippen LogP contribution in [0.1, 0.15) is 12.8 Å². The fourth-order valence-corrected chi connectivity index (χ4v) is 2.75. The molecule has 2 aromatic rings. The van der Waals surface area contributed by atoms with Gasteiger partial charge in [-0.3, -0.25) is 4.98 Å². The molecular weight excluding hydrogens is 246 g/mol. The van der Waals surface area contributed by atoms with Crippen LogP contribution < -0.4 is 4.90 Å². The van der Waals surface area contributed by atoms with Crippen molar-refractivity contribution < 1.29 is 0 Å². The minimum atomic E-state index is 0.577. The molecule has 2 heterocycles. The Kier molecular flexibility index (Phi) is 3.33. The Bertz CT molecular complexity index is 543. The Morgan fingerprint density at radius 1 is 1.28 bits per heavy atom. The molecule has 0 bridgehead atoms. The van der Waals surface area contributed by atoms with Crippen LogP contribution >= 0.6 is 11.6 Å². The molecule has 1 atom stereocenters. The maximum atomic E-state index is 5.97. The van der Waals surface area contributed by atoms with Crippen LogP contribution in [0.3, 0.4) is 0 Å². The first-order valence-electron chi connectivity index (χ1n) is 6.39. The summed E-state index contributed by atoms with van der Waals surface area (Å²) >= 11 is 5.97. The maximum Gasteiger partial charge on any atom is 0.147 e. The largest absolute Gasteiger partial charge is 0.355 e. The Labute approximate surface area is 112 Å². The molecule has 0 N–H and O–H groups in total. The fraction of sp³-hybridized carbons (Fsp3) is 0.429. The standard InChI is InChI=1S/C14H16ClN3/c15-8-11-4-3-7-18(10-11)14-9-16-12-5-1-2-6-13(12)17-14/h1-2,5-6,9,11H,3-4,7-8,10H2. The zero-order valence-corrected chi connectivity index (χ0v) is 11.0. The summed E-state index contributed by atoms with van der Waals surface area (Å²) in [5.74, 6) is 2.29. The second-order valence-electron chi connectivity index (χ2n) is 4.83. The van der Waals surface area contributed by atoms with E-state index in [1.165, 1.54) is 12.8 Å². The van der Waals surface area contributed by atoms with E-state index >= 15 is 0 Å². The molecule has 18 heavy (non-hydrogen) atoms. The van der Waals surface area contributed by atoms with E-state index in [0.29, 0.717) is 5.92 Å². The third kappa shape index (κ3) is 2.27. The van der Waals surface area contributed by atoms with Gasteiger partial charge in [-0.2, -0.15) is 0 Å². The monoisotopic (exact) mass is 261 g/mol. The van der Waals surface area contributed by atoms with Gasteiger partial charge in [-0.1, -0.05) is 12.1 Å². The summed E-state index contributed by atoms with van der Waals surface area (Å²) in [6, 6.07) is 7.98. The van der Waals surface area contributed by atoms with E-state index in [-0.39, 0.29) is 0 Å². The van der Waals surface area contributed by atoms with E-state index in [1.807, 2.05) is 30.5 Å². The van der Waals surface area contributed by atoms with Crippen molar-refractivity contribution in [3.8, 4) is 0 Å². The summed E-state index contributed by atoms with van der Waals surface area (Å²) in [6.07, 6.45) is 4.28. The van der Waals surface area contributed by atoms with Crippen molar-refractivity contribution >= 4 is 28.5 Å². The number of halogens is 1. The lowest BCUT2D eigenvalue weighted by Crippen LogP contribution is -2.36. The van der Waals surface area contributed by atoms with E-state index in [2.05, 4.69) is 14.9 Å². The second kappa shape index (κ2) is 5.11. The molecule has 1 fully saturated rings. The number of hydrogen-bond acceptors (Lipinski definition) is 3. The fourth-order valence-electron chi connectivity index (χ4n) is 2.50. The second-order valence-corrected chi connectivity index (χ2v) is 5.13. The van der Waals surface area contributed by atoms with Crippen LogP contribution in [0.25, 0.3) is 11.0 Å². The van der Waals surface area contributed by atoms with Crippen molar-refractivity contribution in [1.82, 2.24) is 9.97 Å². The predicted molar refractivity (Wildman–Crippen MR) is 75.2 cm³/mol. The average Bonchev–Trinajstić information content (AvgIpc) is 2.47. The molecule has 3 rings (SSSR count). The van der Waals surface area contributed by atoms with Gasteiger partial charge in [-0.25, -0.2) is 4.98 Å². The van der Waals surface area contributed by atoms with Crippen molar-refractivity contribution in [3.63, 3.8) is 0 Å². The highest BCUT2D eigenvalue weighted by Crippen LogP contribution is 2.23. The van der Waals surface area contributed by atoms with Crippen LogP contribution in [-0.2, 0) is 0 Å². The summed E-state index contributed by atoms with van der Waals surface area (Å²) < 4.78 is 0.